The fraction of sp³-hybridized carbons (Fsp3) is 0.438. The van der Waals surface area contributed by atoms with Gasteiger partial charge in [0.1, 0.15) is 0 Å². The molecule has 0 unspecified atom stereocenters. The predicted octanol–water partition coefficient (Wildman–Crippen LogP) is 7.71. The molecule has 0 atom stereocenters. The van der Waals surface area contributed by atoms with Gasteiger partial charge in [-0.3, -0.25) is 0 Å². The van der Waals surface area contributed by atoms with Gasteiger partial charge >= 0.3 is 0 Å². The van der Waals surface area contributed by atoms with Crippen LogP contribution >= 0.6 is 0 Å². The molecule has 0 radical (unpaired) electrons. The second kappa shape index (κ2) is 12.7. The molecule has 0 aromatic heterocycles. The Morgan fingerprint density at radius 3 is 1.23 bits per heavy atom. The van der Waals surface area contributed by atoms with Gasteiger partial charge in [-0.1, -0.05) is 48.5 Å². The molecule has 0 saturated heterocycles. The van der Waals surface area contributed by atoms with Crippen LogP contribution in [0, 0.1) is 6.92 Å². The molecule has 3 heteroatoms. The van der Waals surface area contributed by atoms with E-state index in [0.717, 1.165) is 39.3 Å². The summed E-state index contributed by atoms with van der Waals surface area (Å²) >= 11 is 0. The number of para-hydroxylation sites is 2. The van der Waals surface area contributed by atoms with E-state index < -0.39 is 0 Å². The summed E-state index contributed by atoms with van der Waals surface area (Å²) in [6, 6.07) is 25.0. The Morgan fingerprint density at radius 1 is 0.457 bits per heavy atom. The van der Waals surface area contributed by atoms with E-state index in [1.807, 2.05) is 0 Å². The Labute approximate surface area is 214 Å². The minimum absolute atomic E-state index is 0.152. The summed E-state index contributed by atoms with van der Waals surface area (Å²) in [7, 11) is 0. The van der Waals surface area contributed by atoms with Crippen molar-refractivity contribution in [2.24, 2.45) is 0 Å². The van der Waals surface area contributed by atoms with Crippen LogP contribution < -0.4 is 14.7 Å². The Hall–Kier alpha value is -2.94. The lowest BCUT2D eigenvalue weighted by atomic mass is 9.80. The molecule has 0 aliphatic carbocycles. The van der Waals surface area contributed by atoms with E-state index in [0.29, 0.717) is 0 Å². The molecule has 0 N–H and O–H groups in total. The molecule has 0 aliphatic heterocycles. The number of nitrogens with zero attached hydrogens (tertiary/aromatic N) is 3. The van der Waals surface area contributed by atoms with E-state index in [1.54, 1.807) is 0 Å². The molecule has 188 valence electrons. The molecular weight excluding hydrogens is 426 g/mol. The molecule has 0 fully saturated rings. The first-order chi connectivity index (χ1) is 17.1. The van der Waals surface area contributed by atoms with E-state index in [9.17, 15) is 0 Å². The van der Waals surface area contributed by atoms with E-state index in [1.165, 1.54) is 39.3 Å². The van der Waals surface area contributed by atoms with Crippen molar-refractivity contribution >= 4 is 17.1 Å². The van der Waals surface area contributed by atoms with E-state index in [-0.39, 0.29) is 5.92 Å². The molecule has 3 rings (SSSR count). The average molecular weight is 472 g/mol. The van der Waals surface area contributed by atoms with Crippen molar-refractivity contribution in [3.63, 3.8) is 0 Å². The third-order valence-electron chi connectivity index (χ3n) is 7.47. The van der Waals surface area contributed by atoms with Gasteiger partial charge in [0, 0.05) is 62.2 Å². The normalized spacial score (nSPS) is 11.1. The van der Waals surface area contributed by atoms with Crippen LogP contribution in [-0.2, 0) is 0 Å². The highest BCUT2D eigenvalue weighted by Crippen LogP contribution is 2.43. The standard InChI is InChI=1S/C32H45N3/c1-8-33(9-2)29-24-18-21-26(25(29)7)32(27-19-14-16-22-30(27)34(10-3)11-4)28-20-15-17-23-31(28)35(12-5)13-6/h14-24,32H,8-13H2,1-7H3. The summed E-state index contributed by atoms with van der Waals surface area (Å²) in [5.41, 5.74) is 9.57. The fourth-order valence-corrected chi connectivity index (χ4v) is 5.53. The fourth-order valence-electron chi connectivity index (χ4n) is 5.53. The maximum atomic E-state index is 2.49. The lowest BCUT2D eigenvalue weighted by Gasteiger charge is -2.33. The second-order valence-corrected chi connectivity index (χ2v) is 9.06. The number of hydrogen-bond acceptors (Lipinski definition) is 3. The van der Waals surface area contributed by atoms with Crippen LogP contribution in [0.25, 0.3) is 0 Å². The first-order valence-electron chi connectivity index (χ1n) is 13.6. The number of rotatable bonds is 12. The van der Waals surface area contributed by atoms with Gasteiger partial charge in [-0.2, -0.15) is 0 Å². The average Bonchev–Trinajstić information content (AvgIpc) is 2.90. The lowest BCUT2D eigenvalue weighted by Crippen LogP contribution is -2.27. The molecule has 0 spiro atoms. The highest BCUT2D eigenvalue weighted by atomic mass is 15.1. The molecule has 0 heterocycles. The summed E-state index contributed by atoms with van der Waals surface area (Å²) in [6.45, 7) is 21.8. The van der Waals surface area contributed by atoms with Gasteiger partial charge in [-0.25, -0.2) is 0 Å². The highest BCUT2D eigenvalue weighted by Gasteiger charge is 2.27. The van der Waals surface area contributed by atoms with Gasteiger partial charge in [0.2, 0.25) is 0 Å². The van der Waals surface area contributed by atoms with Crippen LogP contribution in [0.15, 0.2) is 66.7 Å². The molecule has 3 aromatic carbocycles. The second-order valence-electron chi connectivity index (χ2n) is 9.06. The van der Waals surface area contributed by atoms with Crippen molar-refractivity contribution in [2.45, 2.75) is 54.4 Å². The van der Waals surface area contributed by atoms with Crippen molar-refractivity contribution in [2.75, 3.05) is 54.0 Å². The maximum absolute atomic E-state index is 2.49. The van der Waals surface area contributed by atoms with E-state index in [2.05, 4.69) is 130 Å². The summed E-state index contributed by atoms with van der Waals surface area (Å²) in [5, 5.41) is 0. The van der Waals surface area contributed by atoms with Crippen molar-refractivity contribution < 1.29 is 0 Å². The number of hydrogen-bond donors (Lipinski definition) is 0. The van der Waals surface area contributed by atoms with Crippen molar-refractivity contribution in [3.05, 3.63) is 89.0 Å². The third kappa shape index (κ3) is 5.50. The molecule has 35 heavy (non-hydrogen) atoms. The van der Waals surface area contributed by atoms with Gasteiger partial charge in [-0.05, 0) is 88.9 Å². The van der Waals surface area contributed by atoms with Crippen LogP contribution in [0.5, 0.6) is 0 Å². The Morgan fingerprint density at radius 2 is 0.800 bits per heavy atom. The first-order valence-corrected chi connectivity index (χ1v) is 13.6. The first kappa shape index (κ1) is 26.7. The number of anilines is 3. The molecule has 3 nitrogen and oxygen atoms in total. The zero-order valence-electron chi connectivity index (χ0n) is 23.0. The largest absolute Gasteiger partial charge is 0.372 e. The SMILES string of the molecule is CCN(CC)c1ccccc1C(c1ccccc1N(CC)CC)c1cccc(N(CC)CC)c1C. The molecule has 0 aliphatic rings. The third-order valence-corrected chi connectivity index (χ3v) is 7.47. The Kier molecular flexibility index (Phi) is 9.65. The molecule has 0 saturated carbocycles. The van der Waals surface area contributed by atoms with Gasteiger partial charge in [0.05, 0.1) is 0 Å². The molecular formula is C32H45N3. The van der Waals surface area contributed by atoms with Crippen LogP contribution in [-0.4, -0.2) is 39.3 Å². The number of benzene rings is 3. The summed E-state index contributed by atoms with van der Waals surface area (Å²) in [4.78, 5) is 7.46. The summed E-state index contributed by atoms with van der Waals surface area (Å²) < 4.78 is 0. The topological polar surface area (TPSA) is 9.72 Å². The molecule has 0 bridgehead atoms. The predicted molar refractivity (Wildman–Crippen MR) is 156 cm³/mol. The smallest absolute Gasteiger partial charge is 0.0408 e. The van der Waals surface area contributed by atoms with Gasteiger partial charge in [0.15, 0.2) is 0 Å². The van der Waals surface area contributed by atoms with Crippen LogP contribution in [0.1, 0.15) is 69.7 Å². The van der Waals surface area contributed by atoms with Crippen LogP contribution in [0.3, 0.4) is 0 Å². The summed E-state index contributed by atoms with van der Waals surface area (Å²) in [6.07, 6.45) is 0. The lowest BCUT2D eigenvalue weighted by molar-refractivity contribution is 0.825. The van der Waals surface area contributed by atoms with Gasteiger partial charge in [-0.15, -0.1) is 0 Å². The van der Waals surface area contributed by atoms with Crippen molar-refractivity contribution in [3.8, 4) is 0 Å². The van der Waals surface area contributed by atoms with Gasteiger partial charge in [0.25, 0.3) is 0 Å². The maximum Gasteiger partial charge on any atom is 0.0408 e. The minimum Gasteiger partial charge on any atom is -0.372 e. The summed E-state index contributed by atoms with van der Waals surface area (Å²) in [5.74, 6) is 0.152. The van der Waals surface area contributed by atoms with Crippen molar-refractivity contribution in [1.29, 1.82) is 0 Å². The minimum atomic E-state index is 0.152. The monoisotopic (exact) mass is 471 g/mol. The van der Waals surface area contributed by atoms with E-state index >= 15 is 0 Å². The Balaban J connectivity index is 2.37. The quantitative estimate of drug-likeness (QED) is 0.250. The van der Waals surface area contributed by atoms with Crippen molar-refractivity contribution in [1.82, 2.24) is 0 Å². The molecule has 0 amide bonds. The Bertz CT molecular complexity index is 1010. The molecule has 3 aromatic rings. The van der Waals surface area contributed by atoms with E-state index in [4.69, 9.17) is 0 Å². The van der Waals surface area contributed by atoms with Crippen LogP contribution in [0.2, 0.25) is 0 Å². The zero-order valence-corrected chi connectivity index (χ0v) is 23.0. The van der Waals surface area contributed by atoms with Crippen LogP contribution in [0.4, 0.5) is 17.1 Å². The zero-order chi connectivity index (χ0) is 25.4. The highest BCUT2D eigenvalue weighted by molar-refractivity contribution is 5.69. The van der Waals surface area contributed by atoms with Gasteiger partial charge < -0.3 is 14.7 Å².